The van der Waals surface area contributed by atoms with Gasteiger partial charge in [0.25, 0.3) is 11.8 Å². The van der Waals surface area contributed by atoms with Gasteiger partial charge in [0.15, 0.2) is 0 Å². The van der Waals surface area contributed by atoms with Crippen LogP contribution in [0, 0.1) is 0 Å². The molecule has 1 aliphatic heterocycles. The van der Waals surface area contributed by atoms with Crippen LogP contribution in [0.5, 0.6) is 5.75 Å². The molecule has 8 heteroatoms. The molecule has 2 amide bonds. The average molecular weight is 465 g/mol. The zero-order valence-corrected chi connectivity index (χ0v) is 19.5. The van der Waals surface area contributed by atoms with Gasteiger partial charge in [-0.15, -0.1) is 0 Å². The van der Waals surface area contributed by atoms with Gasteiger partial charge in [-0.25, -0.2) is 5.01 Å². The standard InChI is InChI=1S/C25H25ClN4O3/c1-28-14-8-12-21(28)20-15-22(18-10-5-7-13-23(18)33-3)30(27-20)24(31)16-29(2)25(32)17-9-4-6-11-19(17)26/h4-14,22H,15-16H2,1-3H3/t22-/m0/s1. The normalized spacial score (nSPS) is 15.3. The van der Waals surface area contributed by atoms with Crippen LogP contribution in [0.3, 0.4) is 0 Å². The number of aromatic nitrogens is 1. The maximum absolute atomic E-state index is 13.4. The van der Waals surface area contributed by atoms with Gasteiger partial charge in [-0.1, -0.05) is 41.9 Å². The molecule has 4 rings (SSSR count). The number of carbonyl (C=O) groups is 2. The van der Waals surface area contributed by atoms with E-state index in [-0.39, 0.29) is 24.4 Å². The third-order valence-corrected chi connectivity index (χ3v) is 6.06. The largest absolute Gasteiger partial charge is 0.496 e. The van der Waals surface area contributed by atoms with Crippen molar-refractivity contribution in [2.24, 2.45) is 12.1 Å². The number of nitrogens with zero attached hydrogens (tertiary/aromatic N) is 4. The minimum Gasteiger partial charge on any atom is -0.496 e. The number of aryl methyl sites for hydroxylation is 1. The van der Waals surface area contributed by atoms with Gasteiger partial charge in [-0.3, -0.25) is 9.59 Å². The quantitative estimate of drug-likeness (QED) is 0.550. The molecule has 0 radical (unpaired) electrons. The first-order chi connectivity index (χ1) is 15.9. The molecule has 0 aliphatic carbocycles. The number of para-hydroxylation sites is 1. The first kappa shape index (κ1) is 22.6. The molecule has 0 saturated carbocycles. The lowest BCUT2D eigenvalue weighted by Crippen LogP contribution is -2.39. The SMILES string of the molecule is COc1ccccc1[C@@H]1CC(c2cccn2C)=NN1C(=O)CN(C)C(=O)c1ccccc1Cl. The third-order valence-electron chi connectivity index (χ3n) is 5.73. The first-order valence-electron chi connectivity index (χ1n) is 10.5. The van der Waals surface area contributed by atoms with E-state index < -0.39 is 0 Å². The number of carbonyl (C=O) groups excluding carboxylic acids is 2. The van der Waals surface area contributed by atoms with Crippen LogP contribution in [0.15, 0.2) is 72.0 Å². The Morgan fingerprint density at radius 2 is 1.85 bits per heavy atom. The fourth-order valence-electron chi connectivity index (χ4n) is 4.03. The summed E-state index contributed by atoms with van der Waals surface area (Å²) >= 11 is 6.17. The summed E-state index contributed by atoms with van der Waals surface area (Å²) in [5, 5.41) is 6.50. The van der Waals surface area contributed by atoms with Gasteiger partial charge in [0.1, 0.15) is 12.3 Å². The summed E-state index contributed by atoms with van der Waals surface area (Å²) in [6.45, 7) is -0.139. The number of likely N-dealkylation sites (N-methyl/N-ethyl adjacent to an activating group) is 1. The maximum atomic E-state index is 13.4. The van der Waals surface area contributed by atoms with Gasteiger partial charge < -0.3 is 14.2 Å². The summed E-state index contributed by atoms with van der Waals surface area (Å²) in [6.07, 6.45) is 2.47. The van der Waals surface area contributed by atoms with Crippen LogP contribution in [0.4, 0.5) is 0 Å². The Kier molecular flexibility index (Phi) is 6.51. The lowest BCUT2D eigenvalue weighted by Gasteiger charge is -2.26. The van der Waals surface area contributed by atoms with E-state index in [0.717, 1.165) is 17.0 Å². The number of hydrogen-bond acceptors (Lipinski definition) is 4. The number of benzene rings is 2. The van der Waals surface area contributed by atoms with E-state index in [1.54, 1.807) is 38.4 Å². The van der Waals surface area contributed by atoms with E-state index >= 15 is 0 Å². The van der Waals surface area contributed by atoms with E-state index in [4.69, 9.17) is 16.3 Å². The Morgan fingerprint density at radius 1 is 1.12 bits per heavy atom. The number of halogens is 1. The highest BCUT2D eigenvalue weighted by Gasteiger charge is 2.36. The van der Waals surface area contributed by atoms with E-state index in [9.17, 15) is 9.59 Å². The topological polar surface area (TPSA) is 67.1 Å². The molecule has 1 aromatic heterocycles. The first-order valence-corrected chi connectivity index (χ1v) is 10.9. The maximum Gasteiger partial charge on any atom is 0.262 e. The molecule has 33 heavy (non-hydrogen) atoms. The average Bonchev–Trinajstić information content (AvgIpc) is 3.45. The van der Waals surface area contributed by atoms with Gasteiger partial charge in [-0.2, -0.15) is 5.10 Å². The van der Waals surface area contributed by atoms with Crippen LogP contribution in [-0.4, -0.2) is 52.7 Å². The lowest BCUT2D eigenvalue weighted by atomic mass is 9.99. The number of hydrazone groups is 1. The van der Waals surface area contributed by atoms with Crippen molar-refractivity contribution in [2.45, 2.75) is 12.5 Å². The molecule has 0 saturated heterocycles. The van der Waals surface area contributed by atoms with Crippen LogP contribution in [0.25, 0.3) is 0 Å². The van der Waals surface area contributed by atoms with Gasteiger partial charge in [0.2, 0.25) is 0 Å². The lowest BCUT2D eigenvalue weighted by molar-refractivity contribution is -0.133. The minimum atomic E-state index is -0.345. The van der Waals surface area contributed by atoms with E-state index in [1.807, 2.05) is 54.2 Å². The zero-order valence-electron chi connectivity index (χ0n) is 18.7. The molecule has 7 nitrogen and oxygen atoms in total. The van der Waals surface area contributed by atoms with Crippen LogP contribution >= 0.6 is 11.6 Å². The smallest absolute Gasteiger partial charge is 0.262 e. The van der Waals surface area contributed by atoms with Crippen molar-refractivity contribution < 1.29 is 14.3 Å². The predicted octanol–water partition coefficient (Wildman–Crippen LogP) is 4.14. The summed E-state index contributed by atoms with van der Waals surface area (Å²) in [4.78, 5) is 27.6. The number of amides is 2. The third kappa shape index (κ3) is 4.50. The second-order valence-electron chi connectivity index (χ2n) is 7.89. The summed E-state index contributed by atoms with van der Waals surface area (Å²) in [5.74, 6) is 0.0655. The molecule has 1 aliphatic rings. The van der Waals surface area contributed by atoms with Gasteiger partial charge in [0, 0.05) is 32.3 Å². The summed E-state index contributed by atoms with van der Waals surface area (Å²) in [6, 6.07) is 18.0. The summed E-state index contributed by atoms with van der Waals surface area (Å²) in [7, 11) is 5.13. The van der Waals surface area contributed by atoms with Crippen molar-refractivity contribution in [1.29, 1.82) is 0 Å². The number of ether oxygens (including phenoxy) is 1. The number of hydrogen-bond donors (Lipinski definition) is 0. The molecule has 1 atom stereocenters. The Bertz CT molecular complexity index is 1220. The molecule has 0 bridgehead atoms. The zero-order chi connectivity index (χ0) is 23.5. The van der Waals surface area contributed by atoms with Crippen LogP contribution < -0.4 is 4.74 Å². The van der Waals surface area contributed by atoms with Crippen LogP contribution in [0.1, 0.15) is 34.1 Å². The molecule has 0 fully saturated rings. The molecular weight excluding hydrogens is 440 g/mol. The minimum absolute atomic E-state index is 0.139. The molecule has 3 aromatic rings. The molecule has 2 aromatic carbocycles. The van der Waals surface area contributed by atoms with Gasteiger partial charge in [0.05, 0.1) is 35.1 Å². The van der Waals surface area contributed by atoms with Crippen molar-refractivity contribution in [3.05, 3.63) is 88.7 Å². The second-order valence-corrected chi connectivity index (χ2v) is 8.30. The number of methoxy groups -OCH3 is 1. The van der Waals surface area contributed by atoms with E-state index in [1.165, 1.54) is 9.91 Å². The summed E-state index contributed by atoms with van der Waals surface area (Å²) in [5.41, 5.74) is 2.95. The molecule has 0 unspecified atom stereocenters. The van der Waals surface area contributed by atoms with Gasteiger partial charge >= 0.3 is 0 Å². The molecule has 170 valence electrons. The van der Waals surface area contributed by atoms with Crippen molar-refractivity contribution in [1.82, 2.24) is 14.5 Å². The van der Waals surface area contributed by atoms with Crippen molar-refractivity contribution in [3.8, 4) is 5.75 Å². The summed E-state index contributed by atoms with van der Waals surface area (Å²) < 4.78 is 7.52. The van der Waals surface area contributed by atoms with Crippen molar-refractivity contribution in [3.63, 3.8) is 0 Å². The van der Waals surface area contributed by atoms with Crippen molar-refractivity contribution >= 4 is 29.1 Å². The second kappa shape index (κ2) is 9.50. The molecule has 0 spiro atoms. The fourth-order valence-corrected chi connectivity index (χ4v) is 4.24. The van der Waals surface area contributed by atoms with Crippen LogP contribution in [-0.2, 0) is 11.8 Å². The van der Waals surface area contributed by atoms with Crippen molar-refractivity contribution in [2.75, 3.05) is 20.7 Å². The highest BCUT2D eigenvalue weighted by atomic mass is 35.5. The molecule has 2 heterocycles. The van der Waals surface area contributed by atoms with E-state index in [2.05, 4.69) is 5.10 Å². The number of rotatable bonds is 6. The van der Waals surface area contributed by atoms with Gasteiger partial charge in [-0.05, 0) is 30.3 Å². The Labute approximate surface area is 197 Å². The highest BCUT2D eigenvalue weighted by Crippen LogP contribution is 2.37. The molecule has 0 N–H and O–H groups in total. The monoisotopic (exact) mass is 464 g/mol. The Morgan fingerprint density at radius 3 is 2.55 bits per heavy atom. The predicted molar refractivity (Wildman–Crippen MR) is 128 cm³/mol. The Hall–Kier alpha value is -3.58. The Balaban J connectivity index is 1.63. The van der Waals surface area contributed by atoms with Crippen LogP contribution in [0.2, 0.25) is 5.02 Å². The fraction of sp³-hybridized carbons (Fsp3) is 0.240. The van der Waals surface area contributed by atoms with E-state index in [0.29, 0.717) is 22.8 Å². The highest BCUT2D eigenvalue weighted by molar-refractivity contribution is 6.33. The molecular formula is C25H25ClN4O3.